The lowest BCUT2D eigenvalue weighted by molar-refractivity contribution is -0.143. The molecule has 158 valence electrons. The number of nitrogens with zero attached hydrogens (tertiary/aromatic N) is 3. The van der Waals surface area contributed by atoms with Gasteiger partial charge in [0.1, 0.15) is 6.54 Å². The molecule has 2 aromatic carbocycles. The Hall–Kier alpha value is -3.38. The van der Waals surface area contributed by atoms with Crippen LogP contribution < -0.4 is 10.3 Å². The third kappa shape index (κ3) is 3.75. The Balaban J connectivity index is 2.14. The van der Waals surface area contributed by atoms with E-state index in [0.717, 1.165) is 11.1 Å². The molecule has 0 radical (unpaired) electrons. The number of aromatic nitrogens is 2. The summed E-state index contributed by atoms with van der Waals surface area (Å²) in [6.45, 7) is 2.00. The van der Waals surface area contributed by atoms with Gasteiger partial charge >= 0.3 is 5.97 Å². The molecule has 0 aliphatic heterocycles. The molecule has 31 heavy (non-hydrogen) atoms. The first-order valence-electron chi connectivity index (χ1n) is 9.94. The second-order valence-electron chi connectivity index (χ2n) is 7.37. The Bertz CT molecular complexity index is 1350. The number of benzene rings is 2. The summed E-state index contributed by atoms with van der Waals surface area (Å²) >= 11 is 6.52. The molecule has 0 saturated carbocycles. The van der Waals surface area contributed by atoms with Gasteiger partial charge in [-0.3, -0.25) is 14.6 Å². The van der Waals surface area contributed by atoms with Gasteiger partial charge in [-0.25, -0.2) is 0 Å². The number of anilines is 1. The molecule has 2 aromatic heterocycles. The van der Waals surface area contributed by atoms with Gasteiger partial charge in [-0.2, -0.15) is 0 Å². The maximum absolute atomic E-state index is 13.4. The average Bonchev–Trinajstić information content (AvgIpc) is 2.76. The third-order valence-electron chi connectivity index (χ3n) is 5.20. The van der Waals surface area contributed by atoms with E-state index < -0.39 is 0 Å². The fourth-order valence-corrected chi connectivity index (χ4v) is 4.19. The van der Waals surface area contributed by atoms with Crippen molar-refractivity contribution < 1.29 is 9.53 Å². The smallest absolute Gasteiger partial charge is 0.325 e. The first-order chi connectivity index (χ1) is 14.9. The SMILES string of the molecule is CCOC(=O)Cn1c2cc(-c3ccncc3)ccc2c(=O)c2ccc(Cl)c(N(C)C)c21. The summed E-state index contributed by atoms with van der Waals surface area (Å²) in [6, 6.07) is 12.9. The highest BCUT2D eigenvalue weighted by Gasteiger charge is 2.20. The Morgan fingerprint density at radius 2 is 1.77 bits per heavy atom. The molecule has 0 bridgehead atoms. The standard InChI is InChI=1S/C24H22ClN3O3/c1-4-31-21(29)14-28-20-13-16(15-9-11-26-12-10-15)5-6-17(20)24(30)18-7-8-19(25)23(22(18)28)27(2)3/h5-13H,4,14H2,1-3H3. The number of hydrogen-bond donors (Lipinski definition) is 0. The predicted molar refractivity (Wildman–Crippen MR) is 125 cm³/mol. The number of halogens is 1. The van der Waals surface area contributed by atoms with E-state index in [0.29, 0.717) is 32.5 Å². The Morgan fingerprint density at radius 3 is 2.45 bits per heavy atom. The fourth-order valence-electron chi connectivity index (χ4n) is 3.87. The van der Waals surface area contributed by atoms with Crippen LogP contribution in [-0.2, 0) is 16.1 Å². The van der Waals surface area contributed by atoms with Crippen molar-refractivity contribution in [2.45, 2.75) is 13.5 Å². The lowest BCUT2D eigenvalue weighted by Crippen LogP contribution is -2.21. The van der Waals surface area contributed by atoms with Crippen molar-refractivity contribution in [2.24, 2.45) is 0 Å². The molecule has 7 heteroatoms. The predicted octanol–water partition coefficient (Wildman–Crippen LogP) is 4.50. The normalized spacial score (nSPS) is 11.1. The minimum absolute atomic E-state index is 0.0396. The van der Waals surface area contributed by atoms with Crippen LogP contribution in [-0.4, -0.2) is 36.2 Å². The van der Waals surface area contributed by atoms with Crippen LogP contribution in [0.2, 0.25) is 5.02 Å². The third-order valence-corrected chi connectivity index (χ3v) is 5.51. The fraction of sp³-hybridized carbons (Fsp3) is 0.208. The van der Waals surface area contributed by atoms with Crippen molar-refractivity contribution in [3.8, 4) is 11.1 Å². The maximum atomic E-state index is 13.4. The van der Waals surface area contributed by atoms with Crippen molar-refractivity contribution >= 4 is 45.1 Å². The van der Waals surface area contributed by atoms with Gasteiger partial charge < -0.3 is 14.2 Å². The molecule has 0 spiro atoms. The molecule has 4 aromatic rings. The molecule has 0 aliphatic rings. The summed E-state index contributed by atoms with van der Waals surface area (Å²) in [6.07, 6.45) is 3.44. The Kier molecular flexibility index (Phi) is 5.65. The van der Waals surface area contributed by atoms with Gasteiger partial charge in [0, 0.05) is 37.3 Å². The molecule has 0 fully saturated rings. The van der Waals surface area contributed by atoms with Crippen molar-refractivity contribution in [1.82, 2.24) is 9.55 Å². The number of fused-ring (bicyclic) bond motifs is 2. The van der Waals surface area contributed by atoms with E-state index in [1.165, 1.54) is 0 Å². The highest BCUT2D eigenvalue weighted by atomic mass is 35.5. The lowest BCUT2D eigenvalue weighted by Gasteiger charge is -2.22. The summed E-state index contributed by atoms with van der Waals surface area (Å²) in [5.41, 5.74) is 3.70. The van der Waals surface area contributed by atoms with Gasteiger partial charge in [0.25, 0.3) is 0 Å². The van der Waals surface area contributed by atoms with E-state index >= 15 is 0 Å². The second kappa shape index (κ2) is 8.40. The number of rotatable bonds is 5. The summed E-state index contributed by atoms with van der Waals surface area (Å²) in [5.74, 6) is -0.382. The van der Waals surface area contributed by atoms with E-state index in [1.807, 2.05) is 47.8 Å². The van der Waals surface area contributed by atoms with Gasteiger partial charge in [0.15, 0.2) is 5.43 Å². The molecule has 0 atom stereocenters. The van der Waals surface area contributed by atoms with Crippen LogP contribution in [0.3, 0.4) is 0 Å². The van der Waals surface area contributed by atoms with E-state index in [9.17, 15) is 9.59 Å². The first kappa shape index (κ1) is 20.9. The van der Waals surface area contributed by atoms with Gasteiger partial charge in [0.2, 0.25) is 0 Å². The van der Waals surface area contributed by atoms with Gasteiger partial charge in [0.05, 0.1) is 28.4 Å². The molecule has 4 rings (SSSR count). The van der Waals surface area contributed by atoms with Gasteiger partial charge in [-0.1, -0.05) is 17.7 Å². The average molecular weight is 436 g/mol. The van der Waals surface area contributed by atoms with Crippen LogP contribution in [0.1, 0.15) is 6.92 Å². The van der Waals surface area contributed by atoms with Crippen molar-refractivity contribution in [1.29, 1.82) is 0 Å². The van der Waals surface area contributed by atoms with Gasteiger partial charge in [-0.05, 0) is 54.4 Å². The number of esters is 1. The highest BCUT2D eigenvalue weighted by Crippen LogP contribution is 2.35. The zero-order valence-electron chi connectivity index (χ0n) is 17.6. The Morgan fingerprint density at radius 1 is 1.06 bits per heavy atom. The second-order valence-corrected chi connectivity index (χ2v) is 7.78. The zero-order valence-corrected chi connectivity index (χ0v) is 18.3. The minimum atomic E-state index is -0.382. The summed E-state index contributed by atoms with van der Waals surface area (Å²) in [5, 5.41) is 1.53. The molecule has 0 unspecified atom stereocenters. The highest BCUT2D eigenvalue weighted by molar-refractivity contribution is 6.35. The zero-order chi connectivity index (χ0) is 22.1. The van der Waals surface area contributed by atoms with Gasteiger partial charge in [-0.15, -0.1) is 0 Å². The molecule has 0 amide bonds. The minimum Gasteiger partial charge on any atom is -0.465 e. The quantitative estimate of drug-likeness (QED) is 0.341. The molecule has 2 heterocycles. The van der Waals surface area contributed by atoms with Crippen molar-refractivity contribution in [2.75, 3.05) is 25.6 Å². The number of ether oxygens (including phenoxy) is 1. The lowest BCUT2D eigenvalue weighted by atomic mass is 10.0. The summed E-state index contributed by atoms with van der Waals surface area (Å²) in [4.78, 5) is 31.8. The van der Waals surface area contributed by atoms with Crippen LogP contribution in [0.5, 0.6) is 0 Å². The van der Waals surface area contributed by atoms with Crippen LogP contribution in [0.25, 0.3) is 32.9 Å². The monoisotopic (exact) mass is 435 g/mol. The van der Waals surface area contributed by atoms with Crippen LogP contribution in [0.4, 0.5) is 5.69 Å². The van der Waals surface area contributed by atoms with Crippen LogP contribution >= 0.6 is 11.6 Å². The molecule has 0 aliphatic carbocycles. The van der Waals surface area contributed by atoms with Crippen molar-refractivity contribution in [3.63, 3.8) is 0 Å². The summed E-state index contributed by atoms with van der Waals surface area (Å²) in [7, 11) is 3.72. The number of pyridine rings is 2. The maximum Gasteiger partial charge on any atom is 0.325 e. The molecular formula is C24H22ClN3O3. The largest absolute Gasteiger partial charge is 0.465 e. The molecule has 0 saturated heterocycles. The molecule has 0 N–H and O–H groups in total. The van der Waals surface area contributed by atoms with E-state index in [-0.39, 0.29) is 24.5 Å². The number of hydrogen-bond acceptors (Lipinski definition) is 5. The van der Waals surface area contributed by atoms with Crippen LogP contribution in [0.15, 0.2) is 59.7 Å². The van der Waals surface area contributed by atoms with E-state index in [2.05, 4.69) is 4.98 Å². The first-order valence-corrected chi connectivity index (χ1v) is 10.3. The molecule has 6 nitrogen and oxygen atoms in total. The molecular weight excluding hydrogens is 414 g/mol. The van der Waals surface area contributed by atoms with E-state index in [1.54, 1.807) is 37.5 Å². The topological polar surface area (TPSA) is 64.4 Å². The van der Waals surface area contributed by atoms with E-state index in [4.69, 9.17) is 16.3 Å². The number of carbonyl (C=O) groups excluding carboxylic acids is 1. The summed E-state index contributed by atoms with van der Waals surface area (Å²) < 4.78 is 7.06. The van der Waals surface area contributed by atoms with Crippen molar-refractivity contribution in [3.05, 3.63) is 70.1 Å². The number of carbonyl (C=O) groups is 1. The Labute approximate surface area is 184 Å². The van der Waals surface area contributed by atoms with Crippen LogP contribution in [0, 0.1) is 0 Å².